The van der Waals surface area contributed by atoms with Crippen LogP contribution >= 0.6 is 11.3 Å². The molecule has 2 aromatic rings. The Morgan fingerprint density at radius 1 is 1.52 bits per heavy atom. The van der Waals surface area contributed by atoms with Gasteiger partial charge in [0.15, 0.2) is 0 Å². The molecule has 8 heteroatoms. The van der Waals surface area contributed by atoms with Crippen LogP contribution in [-0.4, -0.2) is 39.5 Å². The summed E-state index contributed by atoms with van der Waals surface area (Å²) < 4.78 is 1.59. The minimum Gasteiger partial charge on any atom is -0.358 e. The van der Waals surface area contributed by atoms with Crippen molar-refractivity contribution >= 4 is 27.9 Å². The van der Waals surface area contributed by atoms with E-state index in [1.807, 2.05) is 5.38 Å². The molecule has 0 bridgehead atoms. The molecule has 2 fully saturated rings. The number of hydrogen-bond acceptors (Lipinski definition) is 6. The second-order valence-electron chi connectivity index (χ2n) is 5.75. The Morgan fingerprint density at radius 3 is 3.05 bits per heavy atom. The van der Waals surface area contributed by atoms with Gasteiger partial charge < -0.3 is 20.3 Å². The van der Waals surface area contributed by atoms with E-state index in [1.165, 1.54) is 17.8 Å². The first-order chi connectivity index (χ1) is 10.2. The number of thiazole rings is 1. The second-order valence-corrected chi connectivity index (χ2v) is 6.62. The number of hydrogen-bond donors (Lipinski definition) is 1. The topological polar surface area (TPSA) is 75.7 Å². The van der Waals surface area contributed by atoms with E-state index >= 15 is 0 Å². The van der Waals surface area contributed by atoms with Crippen molar-refractivity contribution in [3.63, 3.8) is 0 Å². The van der Waals surface area contributed by atoms with Crippen LogP contribution in [0.5, 0.6) is 0 Å². The van der Waals surface area contributed by atoms with Crippen LogP contribution in [0.3, 0.4) is 0 Å². The van der Waals surface area contributed by atoms with Gasteiger partial charge in [0.1, 0.15) is 6.20 Å². The van der Waals surface area contributed by atoms with Crippen molar-refractivity contribution in [1.29, 1.82) is 0 Å². The fraction of sp³-hybridized carbons (Fsp3) is 0.615. The van der Waals surface area contributed by atoms with E-state index in [-0.39, 0.29) is 10.7 Å². The number of imidazole rings is 1. The number of rotatable bonds is 5. The molecule has 1 N–H and O–H groups in total. The molecule has 7 nitrogen and oxygen atoms in total. The number of nitrogens with one attached hydrogen (secondary N) is 1. The molecule has 1 aliphatic carbocycles. The van der Waals surface area contributed by atoms with E-state index in [9.17, 15) is 10.1 Å². The molecule has 4 rings (SSSR count). The van der Waals surface area contributed by atoms with E-state index in [1.54, 1.807) is 10.6 Å². The van der Waals surface area contributed by atoms with Gasteiger partial charge in [0, 0.05) is 24.0 Å². The number of aromatic nitrogens is 2. The predicted molar refractivity (Wildman–Crippen MR) is 81.1 cm³/mol. The van der Waals surface area contributed by atoms with Crippen molar-refractivity contribution in [2.45, 2.75) is 37.8 Å². The summed E-state index contributed by atoms with van der Waals surface area (Å²) in [6, 6.07) is 0.834. The third-order valence-electron chi connectivity index (χ3n) is 4.23. The van der Waals surface area contributed by atoms with E-state index in [0.29, 0.717) is 22.9 Å². The average molecular weight is 307 g/mol. The number of fused-ring (bicyclic) bond motifs is 1. The molecule has 0 amide bonds. The van der Waals surface area contributed by atoms with Gasteiger partial charge in [0.2, 0.25) is 5.82 Å². The lowest BCUT2D eigenvalue weighted by Crippen LogP contribution is -2.39. The normalized spacial score (nSPS) is 22.0. The Labute approximate surface area is 125 Å². The van der Waals surface area contributed by atoms with E-state index in [0.717, 1.165) is 32.4 Å². The fourth-order valence-electron chi connectivity index (χ4n) is 3.07. The number of nitrogens with zero attached hydrogens (tertiary/aromatic N) is 4. The number of anilines is 1. The summed E-state index contributed by atoms with van der Waals surface area (Å²) >= 11 is 1.44. The van der Waals surface area contributed by atoms with Crippen molar-refractivity contribution in [2.75, 3.05) is 18.0 Å². The van der Waals surface area contributed by atoms with Crippen LogP contribution in [0.2, 0.25) is 0 Å². The van der Waals surface area contributed by atoms with Crippen molar-refractivity contribution in [3.8, 4) is 0 Å². The summed E-state index contributed by atoms with van der Waals surface area (Å²) in [4.78, 5) is 18.6. The molecule has 0 aromatic carbocycles. The van der Waals surface area contributed by atoms with E-state index in [2.05, 4.69) is 15.2 Å². The van der Waals surface area contributed by atoms with Crippen LogP contribution in [-0.2, 0) is 0 Å². The van der Waals surface area contributed by atoms with E-state index in [4.69, 9.17) is 0 Å². The maximum Gasteiger partial charge on any atom is 0.373 e. The second kappa shape index (κ2) is 4.96. The SMILES string of the molecule is O=[N+]([O-])c1c(N(CC2CCCN2)C2CC2)nc2sccn12. The van der Waals surface area contributed by atoms with Gasteiger partial charge in [-0.2, -0.15) is 9.38 Å². The number of nitro groups is 1. The molecule has 1 saturated carbocycles. The lowest BCUT2D eigenvalue weighted by molar-refractivity contribution is -0.389. The largest absolute Gasteiger partial charge is 0.373 e. The maximum absolute atomic E-state index is 11.5. The van der Waals surface area contributed by atoms with Crippen molar-refractivity contribution in [1.82, 2.24) is 14.7 Å². The van der Waals surface area contributed by atoms with Crippen LogP contribution in [0.15, 0.2) is 11.6 Å². The highest BCUT2D eigenvalue weighted by atomic mass is 32.1. The summed E-state index contributed by atoms with van der Waals surface area (Å²) in [5, 5.41) is 16.8. The lowest BCUT2D eigenvalue weighted by atomic mass is 10.2. The molecule has 21 heavy (non-hydrogen) atoms. The minimum atomic E-state index is -0.306. The van der Waals surface area contributed by atoms with Crippen molar-refractivity contribution in [2.24, 2.45) is 0 Å². The Balaban J connectivity index is 1.72. The van der Waals surface area contributed by atoms with Crippen LogP contribution in [0.4, 0.5) is 11.6 Å². The zero-order valence-electron chi connectivity index (χ0n) is 11.6. The third kappa shape index (κ3) is 2.28. The Kier molecular flexibility index (Phi) is 3.07. The van der Waals surface area contributed by atoms with Crippen LogP contribution in [0.1, 0.15) is 25.7 Å². The smallest absolute Gasteiger partial charge is 0.358 e. The van der Waals surface area contributed by atoms with Gasteiger partial charge in [-0.05, 0) is 37.2 Å². The van der Waals surface area contributed by atoms with Crippen molar-refractivity contribution < 1.29 is 4.92 Å². The first-order valence-corrected chi connectivity index (χ1v) is 8.22. The summed E-state index contributed by atoms with van der Waals surface area (Å²) in [6.07, 6.45) is 6.26. The molecule has 2 aliphatic rings. The van der Waals surface area contributed by atoms with Gasteiger partial charge in [-0.25, -0.2) is 0 Å². The molecule has 1 atom stereocenters. The van der Waals surface area contributed by atoms with Crippen LogP contribution in [0, 0.1) is 10.1 Å². The maximum atomic E-state index is 11.5. The van der Waals surface area contributed by atoms with Gasteiger partial charge >= 0.3 is 5.82 Å². The molecular weight excluding hydrogens is 290 g/mol. The van der Waals surface area contributed by atoms with Crippen LogP contribution < -0.4 is 10.2 Å². The quantitative estimate of drug-likeness (QED) is 0.675. The molecule has 3 heterocycles. The Bertz CT molecular complexity index is 671. The van der Waals surface area contributed by atoms with Crippen molar-refractivity contribution in [3.05, 3.63) is 21.7 Å². The molecule has 2 aromatic heterocycles. The molecule has 0 spiro atoms. The molecule has 112 valence electrons. The predicted octanol–water partition coefficient (Wildman–Crippen LogP) is 2.02. The fourth-order valence-corrected chi connectivity index (χ4v) is 3.77. The average Bonchev–Trinajstić information content (AvgIpc) is 2.87. The standard InChI is InChI=1S/C13H17N5O2S/c19-18(20)12-11(15-13-16(12)6-7-21-13)17(10-3-4-10)8-9-2-1-5-14-9/h6-7,9-10,14H,1-5,8H2. The zero-order valence-corrected chi connectivity index (χ0v) is 12.4. The van der Waals surface area contributed by atoms with Gasteiger partial charge in [-0.15, -0.1) is 0 Å². The molecular formula is C13H17N5O2S. The Hall–Kier alpha value is -1.67. The summed E-state index contributed by atoms with van der Waals surface area (Å²) in [6.45, 7) is 1.86. The third-order valence-corrected chi connectivity index (χ3v) is 4.99. The highest BCUT2D eigenvalue weighted by Crippen LogP contribution is 2.38. The first-order valence-electron chi connectivity index (χ1n) is 7.34. The Morgan fingerprint density at radius 2 is 2.38 bits per heavy atom. The highest BCUT2D eigenvalue weighted by molar-refractivity contribution is 7.15. The van der Waals surface area contributed by atoms with Gasteiger partial charge in [-0.1, -0.05) is 11.3 Å². The molecule has 1 aliphatic heterocycles. The van der Waals surface area contributed by atoms with Crippen LogP contribution in [0.25, 0.3) is 4.96 Å². The van der Waals surface area contributed by atoms with E-state index < -0.39 is 0 Å². The zero-order chi connectivity index (χ0) is 14.4. The summed E-state index contributed by atoms with van der Waals surface area (Å²) in [5.74, 6) is 0.652. The molecule has 0 radical (unpaired) electrons. The summed E-state index contributed by atoms with van der Waals surface area (Å²) in [7, 11) is 0. The molecule has 1 saturated heterocycles. The van der Waals surface area contributed by atoms with Gasteiger partial charge in [-0.3, -0.25) is 0 Å². The molecule has 1 unspecified atom stereocenters. The lowest BCUT2D eigenvalue weighted by Gasteiger charge is -2.25. The first kappa shape index (κ1) is 13.0. The van der Waals surface area contributed by atoms with Gasteiger partial charge in [0.05, 0.1) is 0 Å². The minimum absolute atomic E-state index is 0.108. The highest BCUT2D eigenvalue weighted by Gasteiger charge is 2.38. The van der Waals surface area contributed by atoms with Gasteiger partial charge in [0.25, 0.3) is 4.96 Å². The summed E-state index contributed by atoms with van der Waals surface area (Å²) in [5.41, 5.74) is 0. The monoisotopic (exact) mass is 307 g/mol.